The van der Waals surface area contributed by atoms with E-state index in [0.717, 1.165) is 6.54 Å². The zero-order chi connectivity index (χ0) is 9.80. The molecule has 0 aromatic carbocycles. The van der Waals surface area contributed by atoms with E-state index in [2.05, 4.69) is 22.4 Å². The first kappa shape index (κ1) is 10.7. The van der Waals surface area contributed by atoms with Crippen LogP contribution in [0.5, 0.6) is 0 Å². The molecule has 1 unspecified atom stereocenters. The first-order valence-electron chi connectivity index (χ1n) is 5.46. The fourth-order valence-corrected chi connectivity index (χ4v) is 2.93. The summed E-state index contributed by atoms with van der Waals surface area (Å²) in [6, 6.07) is 1.38. The Bertz CT molecular complexity index is 168. The van der Waals surface area contributed by atoms with E-state index in [9.17, 15) is 0 Å². The maximum atomic E-state index is 5.25. The SMILES string of the molecule is COC1CC(NCC2CSCCN2)C1. The highest BCUT2D eigenvalue weighted by Crippen LogP contribution is 2.22. The molecule has 3 nitrogen and oxygen atoms in total. The zero-order valence-corrected chi connectivity index (χ0v) is 9.61. The molecule has 1 saturated heterocycles. The third kappa shape index (κ3) is 2.86. The molecule has 0 spiro atoms. The van der Waals surface area contributed by atoms with Crippen molar-refractivity contribution in [2.24, 2.45) is 0 Å². The van der Waals surface area contributed by atoms with Gasteiger partial charge < -0.3 is 15.4 Å². The molecule has 0 amide bonds. The topological polar surface area (TPSA) is 33.3 Å². The maximum Gasteiger partial charge on any atom is 0.0601 e. The van der Waals surface area contributed by atoms with Gasteiger partial charge in [0.05, 0.1) is 6.10 Å². The molecule has 14 heavy (non-hydrogen) atoms. The van der Waals surface area contributed by atoms with Crippen LogP contribution in [0.15, 0.2) is 0 Å². The van der Waals surface area contributed by atoms with Crippen LogP contribution in [0.25, 0.3) is 0 Å². The molecular weight excluding hydrogens is 196 g/mol. The molecule has 1 heterocycles. The van der Waals surface area contributed by atoms with Crippen LogP contribution in [-0.4, -0.2) is 49.9 Å². The Hall–Kier alpha value is 0.230. The molecule has 0 aromatic rings. The molecule has 1 atom stereocenters. The average molecular weight is 216 g/mol. The third-order valence-electron chi connectivity index (χ3n) is 3.08. The first-order valence-corrected chi connectivity index (χ1v) is 6.61. The minimum Gasteiger partial charge on any atom is -0.381 e. The van der Waals surface area contributed by atoms with E-state index in [0.29, 0.717) is 18.2 Å². The second-order valence-corrected chi connectivity index (χ2v) is 5.31. The molecular formula is C10H20N2OS. The molecule has 1 saturated carbocycles. The van der Waals surface area contributed by atoms with Gasteiger partial charge in [-0.2, -0.15) is 11.8 Å². The molecule has 4 heteroatoms. The summed E-state index contributed by atoms with van der Waals surface area (Å²) >= 11 is 2.06. The molecule has 1 aliphatic carbocycles. The molecule has 1 aliphatic heterocycles. The quantitative estimate of drug-likeness (QED) is 0.715. The fraction of sp³-hybridized carbons (Fsp3) is 1.00. The lowest BCUT2D eigenvalue weighted by Crippen LogP contribution is -2.51. The summed E-state index contributed by atoms with van der Waals surface area (Å²) in [6.45, 7) is 2.29. The van der Waals surface area contributed by atoms with Gasteiger partial charge >= 0.3 is 0 Å². The summed E-state index contributed by atoms with van der Waals surface area (Å²) < 4.78 is 5.25. The Morgan fingerprint density at radius 2 is 2.36 bits per heavy atom. The normalized spacial score (nSPS) is 37.9. The van der Waals surface area contributed by atoms with Crippen molar-refractivity contribution in [3.05, 3.63) is 0 Å². The van der Waals surface area contributed by atoms with Gasteiger partial charge in [0.15, 0.2) is 0 Å². The first-order chi connectivity index (χ1) is 6.88. The minimum absolute atomic E-state index is 0.515. The van der Waals surface area contributed by atoms with Crippen molar-refractivity contribution in [1.82, 2.24) is 10.6 Å². The number of nitrogens with one attached hydrogen (secondary N) is 2. The lowest BCUT2D eigenvalue weighted by Gasteiger charge is -2.36. The van der Waals surface area contributed by atoms with Crippen LogP contribution in [0.2, 0.25) is 0 Å². The Kier molecular flexibility index (Phi) is 4.10. The molecule has 82 valence electrons. The molecule has 2 fully saturated rings. The van der Waals surface area contributed by atoms with Gasteiger partial charge in [-0.05, 0) is 12.8 Å². The summed E-state index contributed by atoms with van der Waals surface area (Å²) in [5.74, 6) is 2.53. The van der Waals surface area contributed by atoms with Gasteiger partial charge in [0.25, 0.3) is 0 Å². The summed E-state index contributed by atoms with van der Waals surface area (Å²) in [7, 11) is 1.81. The van der Waals surface area contributed by atoms with Gasteiger partial charge in [0, 0.05) is 43.8 Å². The van der Waals surface area contributed by atoms with Crippen molar-refractivity contribution in [3.8, 4) is 0 Å². The van der Waals surface area contributed by atoms with Crippen LogP contribution in [0, 0.1) is 0 Å². The standard InChI is InChI=1S/C10H20N2OS/c1-13-10-4-8(5-10)12-6-9-7-14-3-2-11-9/h8-12H,2-7H2,1H3. The summed E-state index contributed by atoms with van der Waals surface area (Å²) in [4.78, 5) is 0. The Morgan fingerprint density at radius 1 is 1.50 bits per heavy atom. The van der Waals surface area contributed by atoms with Gasteiger partial charge in [-0.1, -0.05) is 0 Å². The van der Waals surface area contributed by atoms with Crippen LogP contribution < -0.4 is 10.6 Å². The van der Waals surface area contributed by atoms with Gasteiger partial charge in [0.1, 0.15) is 0 Å². The number of ether oxygens (including phenoxy) is 1. The van der Waals surface area contributed by atoms with Gasteiger partial charge in [-0.3, -0.25) is 0 Å². The maximum absolute atomic E-state index is 5.25. The molecule has 0 bridgehead atoms. The van der Waals surface area contributed by atoms with E-state index in [1.54, 1.807) is 7.11 Å². The highest BCUT2D eigenvalue weighted by Gasteiger charge is 2.28. The van der Waals surface area contributed by atoms with Crippen molar-refractivity contribution in [2.75, 3.05) is 31.7 Å². The van der Waals surface area contributed by atoms with Gasteiger partial charge in [-0.15, -0.1) is 0 Å². The van der Waals surface area contributed by atoms with E-state index in [-0.39, 0.29) is 0 Å². The molecule has 0 aromatic heterocycles. The number of hydrogen-bond donors (Lipinski definition) is 2. The van der Waals surface area contributed by atoms with Crippen LogP contribution in [0.3, 0.4) is 0 Å². The van der Waals surface area contributed by atoms with Crippen molar-refractivity contribution in [3.63, 3.8) is 0 Å². The highest BCUT2D eigenvalue weighted by atomic mass is 32.2. The van der Waals surface area contributed by atoms with Crippen molar-refractivity contribution in [1.29, 1.82) is 0 Å². The average Bonchev–Trinajstić information content (AvgIpc) is 2.17. The monoisotopic (exact) mass is 216 g/mol. The van der Waals surface area contributed by atoms with Crippen LogP contribution in [-0.2, 0) is 4.74 Å². The van der Waals surface area contributed by atoms with Crippen molar-refractivity contribution in [2.45, 2.75) is 31.0 Å². The van der Waals surface area contributed by atoms with Crippen LogP contribution in [0.1, 0.15) is 12.8 Å². The third-order valence-corrected chi connectivity index (χ3v) is 4.21. The fourth-order valence-electron chi connectivity index (χ4n) is 1.98. The molecule has 2 rings (SSSR count). The zero-order valence-electron chi connectivity index (χ0n) is 8.79. The summed E-state index contributed by atoms with van der Waals surface area (Å²) in [5, 5.41) is 7.13. The van der Waals surface area contributed by atoms with E-state index in [4.69, 9.17) is 4.74 Å². The summed E-state index contributed by atoms with van der Waals surface area (Å²) in [6.07, 6.45) is 2.90. The van der Waals surface area contributed by atoms with E-state index < -0.39 is 0 Å². The van der Waals surface area contributed by atoms with Crippen LogP contribution in [0.4, 0.5) is 0 Å². The largest absolute Gasteiger partial charge is 0.381 e. The lowest BCUT2D eigenvalue weighted by molar-refractivity contribution is 0.0171. The highest BCUT2D eigenvalue weighted by molar-refractivity contribution is 7.99. The van der Waals surface area contributed by atoms with Crippen LogP contribution >= 0.6 is 11.8 Å². The predicted molar refractivity (Wildman–Crippen MR) is 60.9 cm³/mol. The number of thioether (sulfide) groups is 1. The van der Waals surface area contributed by atoms with E-state index >= 15 is 0 Å². The smallest absolute Gasteiger partial charge is 0.0601 e. The van der Waals surface area contributed by atoms with E-state index in [1.165, 1.54) is 30.9 Å². The number of hydrogen-bond acceptors (Lipinski definition) is 4. The number of rotatable bonds is 4. The second kappa shape index (κ2) is 5.35. The lowest BCUT2D eigenvalue weighted by atomic mass is 9.89. The second-order valence-electron chi connectivity index (χ2n) is 4.16. The number of methoxy groups -OCH3 is 1. The van der Waals surface area contributed by atoms with E-state index in [1.807, 2.05) is 0 Å². The predicted octanol–water partition coefficient (Wildman–Crippen LogP) is 0.458. The van der Waals surface area contributed by atoms with Gasteiger partial charge in [0.2, 0.25) is 0 Å². The Balaban J connectivity index is 1.54. The van der Waals surface area contributed by atoms with Crippen molar-refractivity contribution >= 4 is 11.8 Å². The molecule has 2 N–H and O–H groups in total. The Labute approximate surface area is 90.3 Å². The Morgan fingerprint density at radius 3 is 3.00 bits per heavy atom. The minimum atomic E-state index is 0.515. The van der Waals surface area contributed by atoms with Crippen molar-refractivity contribution < 1.29 is 4.74 Å². The molecule has 0 radical (unpaired) electrons. The molecule has 2 aliphatic rings. The summed E-state index contributed by atoms with van der Waals surface area (Å²) in [5.41, 5.74) is 0. The van der Waals surface area contributed by atoms with Gasteiger partial charge in [-0.25, -0.2) is 0 Å².